The molecule has 5 N–H and O–H groups in total. The fraction of sp³-hybridized carbons (Fsp3) is 1.00. The second kappa shape index (κ2) is 9.96. The van der Waals surface area contributed by atoms with E-state index < -0.39 is 0 Å². The summed E-state index contributed by atoms with van der Waals surface area (Å²) in [5.41, 5.74) is 10.8. The van der Waals surface area contributed by atoms with Crippen molar-refractivity contribution in [3.8, 4) is 0 Å². The summed E-state index contributed by atoms with van der Waals surface area (Å²) in [7, 11) is 0. The Morgan fingerprint density at radius 2 is 1.69 bits per heavy atom. The van der Waals surface area contributed by atoms with Crippen LogP contribution in [-0.2, 0) is 0 Å². The largest absolute Gasteiger partial charge is 0.330 e. The molecule has 0 aliphatic carbocycles. The molecule has 3 heteroatoms. The van der Waals surface area contributed by atoms with E-state index >= 15 is 0 Å². The molecule has 0 aromatic heterocycles. The Labute approximate surface area is 82.3 Å². The SMILES string of the molecule is CC(CCCN)CCNCCCN. The van der Waals surface area contributed by atoms with Gasteiger partial charge in [0.15, 0.2) is 0 Å². The van der Waals surface area contributed by atoms with E-state index in [0.717, 1.165) is 44.9 Å². The molecule has 0 aliphatic heterocycles. The summed E-state index contributed by atoms with van der Waals surface area (Å²) in [6.07, 6.45) is 4.75. The van der Waals surface area contributed by atoms with Crippen molar-refractivity contribution in [2.75, 3.05) is 26.2 Å². The molecule has 0 heterocycles. The molecule has 0 aliphatic rings. The Hall–Kier alpha value is -0.120. The van der Waals surface area contributed by atoms with E-state index in [1.165, 1.54) is 12.8 Å². The van der Waals surface area contributed by atoms with Gasteiger partial charge in [0, 0.05) is 0 Å². The first kappa shape index (κ1) is 12.9. The lowest BCUT2D eigenvalue weighted by molar-refractivity contribution is 0.458. The second-order valence-corrected chi connectivity index (χ2v) is 3.72. The van der Waals surface area contributed by atoms with Crippen molar-refractivity contribution in [2.24, 2.45) is 17.4 Å². The van der Waals surface area contributed by atoms with E-state index in [2.05, 4.69) is 12.2 Å². The average molecular weight is 187 g/mol. The highest BCUT2D eigenvalue weighted by Crippen LogP contribution is 2.07. The van der Waals surface area contributed by atoms with Gasteiger partial charge in [-0.2, -0.15) is 0 Å². The minimum atomic E-state index is 0.787. The van der Waals surface area contributed by atoms with Crippen molar-refractivity contribution in [2.45, 2.75) is 32.6 Å². The number of nitrogens with two attached hydrogens (primary N) is 2. The summed E-state index contributed by atoms with van der Waals surface area (Å²) in [5, 5.41) is 3.38. The molecule has 0 amide bonds. The molecule has 0 aromatic carbocycles. The first-order valence-electron chi connectivity index (χ1n) is 5.42. The van der Waals surface area contributed by atoms with E-state index in [1.807, 2.05) is 0 Å². The Kier molecular flexibility index (Phi) is 9.87. The lowest BCUT2D eigenvalue weighted by Gasteiger charge is -2.10. The number of hydrogen-bond donors (Lipinski definition) is 3. The minimum Gasteiger partial charge on any atom is -0.330 e. The van der Waals surface area contributed by atoms with Gasteiger partial charge in [-0.1, -0.05) is 6.92 Å². The van der Waals surface area contributed by atoms with Gasteiger partial charge in [-0.3, -0.25) is 0 Å². The smallest absolute Gasteiger partial charge is 0.00369 e. The van der Waals surface area contributed by atoms with Crippen LogP contribution in [0.5, 0.6) is 0 Å². The molecule has 0 aromatic rings. The highest BCUT2D eigenvalue weighted by molar-refractivity contribution is 4.57. The van der Waals surface area contributed by atoms with Gasteiger partial charge < -0.3 is 16.8 Å². The summed E-state index contributed by atoms with van der Waals surface area (Å²) in [6.45, 7) is 6.08. The highest BCUT2D eigenvalue weighted by Gasteiger charge is 1.99. The van der Waals surface area contributed by atoms with Gasteiger partial charge in [-0.05, 0) is 57.8 Å². The molecule has 80 valence electrons. The minimum absolute atomic E-state index is 0.787. The lowest BCUT2D eigenvalue weighted by atomic mass is 10.0. The molecule has 0 rings (SSSR count). The third kappa shape index (κ3) is 9.80. The fourth-order valence-electron chi connectivity index (χ4n) is 1.31. The third-order valence-electron chi connectivity index (χ3n) is 2.27. The Morgan fingerprint density at radius 3 is 2.31 bits per heavy atom. The molecule has 0 saturated carbocycles. The highest BCUT2D eigenvalue weighted by atomic mass is 14.8. The van der Waals surface area contributed by atoms with E-state index in [0.29, 0.717) is 0 Å². The van der Waals surface area contributed by atoms with Gasteiger partial charge >= 0.3 is 0 Å². The summed E-state index contributed by atoms with van der Waals surface area (Å²) < 4.78 is 0. The molecule has 0 fully saturated rings. The van der Waals surface area contributed by atoms with Crippen LogP contribution in [0, 0.1) is 5.92 Å². The molecule has 0 saturated heterocycles. The van der Waals surface area contributed by atoms with E-state index in [9.17, 15) is 0 Å². The number of hydrogen-bond acceptors (Lipinski definition) is 3. The first-order chi connectivity index (χ1) is 6.31. The lowest BCUT2D eigenvalue weighted by Crippen LogP contribution is -2.21. The van der Waals surface area contributed by atoms with Crippen LogP contribution in [0.1, 0.15) is 32.6 Å². The molecule has 1 unspecified atom stereocenters. The molecule has 0 radical (unpaired) electrons. The Morgan fingerprint density at radius 1 is 1.00 bits per heavy atom. The number of nitrogens with one attached hydrogen (secondary N) is 1. The summed E-state index contributed by atoms with van der Waals surface area (Å²) in [4.78, 5) is 0. The van der Waals surface area contributed by atoms with Crippen LogP contribution < -0.4 is 16.8 Å². The van der Waals surface area contributed by atoms with Crippen molar-refractivity contribution in [3.05, 3.63) is 0 Å². The maximum Gasteiger partial charge on any atom is -0.00369 e. The maximum absolute atomic E-state index is 5.44. The Balaban J connectivity index is 3.03. The van der Waals surface area contributed by atoms with Crippen LogP contribution in [0.15, 0.2) is 0 Å². The predicted octanol–water partition coefficient (Wildman–Crippen LogP) is 0.690. The van der Waals surface area contributed by atoms with E-state index in [-0.39, 0.29) is 0 Å². The summed E-state index contributed by atoms with van der Waals surface area (Å²) in [5.74, 6) is 0.800. The van der Waals surface area contributed by atoms with Gasteiger partial charge in [-0.15, -0.1) is 0 Å². The standard InChI is InChI=1S/C10H25N3/c1-10(4-2-6-11)5-9-13-8-3-7-12/h10,13H,2-9,11-12H2,1H3. The van der Waals surface area contributed by atoms with Crippen LogP contribution >= 0.6 is 0 Å². The van der Waals surface area contributed by atoms with Crippen LogP contribution in [-0.4, -0.2) is 26.2 Å². The maximum atomic E-state index is 5.44. The van der Waals surface area contributed by atoms with Crippen molar-refractivity contribution in [3.63, 3.8) is 0 Å². The van der Waals surface area contributed by atoms with Crippen LogP contribution in [0.25, 0.3) is 0 Å². The van der Waals surface area contributed by atoms with Crippen LogP contribution in [0.4, 0.5) is 0 Å². The van der Waals surface area contributed by atoms with Crippen LogP contribution in [0.3, 0.4) is 0 Å². The molecule has 0 bridgehead atoms. The van der Waals surface area contributed by atoms with Gasteiger partial charge in [0.2, 0.25) is 0 Å². The average Bonchev–Trinajstić information content (AvgIpc) is 2.14. The normalized spacial score (nSPS) is 13.2. The van der Waals surface area contributed by atoms with Crippen LogP contribution in [0.2, 0.25) is 0 Å². The third-order valence-corrected chi connectivity index (χ3v) is 2.27. The topological polar surface area (TPSA) is 64.1 Å². The van der Waals surface area contributed by atoms with Crippen molar-refractivity contribution in [1.82, 2.24) is 5.32 Å². The summed E-state index contributed by atoms with van der Waals surface area (Å²) >= 11 is 0. The Bertz CT molecular complexity index is 96.2. The molecular formula is C10H25N3. The molecule has 0 spiro atoms. The van der Waals surface area contributed by atoms with E-state index in [1.54, 1.807) is 0 Å². The van der Waals surface area contributed by atoms with Crippen molar-refractivity contribution >= 4 is 0 Å². The van der Waals surface area contributed by atoms with Gasteiger partial charge in [0.25, 0.3) is 0 Å². The van der Waals surface area contributed by atoms with Crippen molar-refractivity contribution in [1.29, 1.82) is 0 Å². The first-order valence-corrected chi connectivity index (χ1v) is 5.42. The summed E-state index contributed by atoms with van der Waals surface area (Å²) in [6, 6.07) is 0. The zero-order valence-electron chi connectivity index (χ0n) is 8.89. The van der Waals surface area contributed by atoms with E-state index in [4.69, 9.17) is 11.5 Å². The fourth-order valence-corrected chi connectivity index (χ4v) is 1.31. The zero-order valence-corrected chi connectivity index (χ0v) is 8.89. The molecule has 3 nitrogen and oxygen atoms in total. The van der Waals surface area contributed by atoms with Gasteiger partial charge in [0.05, 0.1) is 0 Å². The van der Waals surface area contributed by atoms with Gasteiger partial charge in [-0.25, -0.2) is 0 Å². The molecular weight excluding hydrogens is 162 g/mol. The van der Waals surface area contributed by atoms with Crippen molar-refractivity contribution < 1.29 is 0 Å². The second-order valence-electron chi connectivity index (χ2n) is 3.72. The zero-order chi connectivity index (χ0) is 9.94. The van der Waals surface area contributed by atoms with Gasteiger partial charge in [0.1, 0.15) is 0 Å². The predicted molar refractivity (Wildman–Crippen MR) is 58.6 cm³/mol. The quantitative estimate of drug-likeness (QED) is 0.465. The monoisotopic (exact) mass is 187 g/mol. The number of rotatable bonds is 9. The molecule has 13 heavy (non-hydrogen) atoms. The molecule has 1 atom stereocenters.